The molecule has 14 heteroatoms. The minimum Gasteiger partial charge on any atom is -0.360 e. The van der Waals surface area contributed by atoms with Crippen LogP contribution in [-0.4, -0.2) is 116 Å². The molecule has 46 heavy (non-hydrogen) atoms. The molecule has 14 nitrogen and oxygen atoms in total. The monoisotopic (exact) mass is 633 g/mol. The van der Waals surface area contributed by atoms with Crippen LogP contribution in [0, 0.1) is 6.92 Å². The van der Waals surface area contributed by atoms with Crippen molar-refractivity contribution in [2.24, 2.45) is 0 Å². The SMILES string of the molecule is Cc1ccc(C(=O)N2C[C@@H]3CNC(=O)[C@@H](C)NC(=O)CN(C)C(=O)[C@@H](Cc4ccccc4)NC(=O)[C@@H](C2)O3)cc1N1CCNC1=O. The van der Waals surface area contributed by atoms with Crippen molar-refractivity contribution in [1.82, 2.24) is 31.1 Å². The van der Waals surface area contributed by atoms with Gasteiger partial charge in [0.15, 0.2) is 6.10 Å². The molecule has 244 valence electrons. The molecule has 3 fully saturated rings. The Morgan fingerprint density at radius 2 is 1.72 bits per heavy atom. The zero-order chi connectivity index (χ0) is 33.0. The molecule has 0 radical (unpaired) electrons. The first-order valence-electron chi connectivity index (χ1n) is 15.3. The van der Waals surface area contributed by atoms with E-state index < -0.39 is 47.9 Å². The number of hydrogen-bond donors (Lipinski definition) is 4. The van der Waals surface area contributed by atoms with E-state index in [-0.39, 0.29) is 44.5 Å². The summed E-state index contributed by atoms with van der Waals surface area (Å²) in [6, 6.07) is 12.0. The van der Waals surface area contributed by atoms with E-state index in [0.717, 1.165) is 11.1 Å². The Morgan fingerprint density at radius 3 is 2.43 bits per heavy atom. The molecule has 4 N–H and O–H groups in total. The highest BCUT2D eigenvalue weighted by Crippen LogP contribution is 2.25. The van der Waals surface area contributed by atoms with Crippen molar-refractivity contribution in [1.29, 1.82) is 0 Å². The molecule has 4 atom stereocenters. The lowest BCUT2D eigenvalue weighted by molar-refractivity contribution is -0.148. The van der Waals surface area contributed by atoms with Gasteiger partial charge in [0.2, 0.25) is 17.7 Å². The molecule has 0 saturated carbocycles. The number of aryl methyl sites for hydroxylation is 1. The van der Waals surface area contributed by atoms with Crippen LogP contribution in [0.4, 0.5) is 10.5 Å². The van der Waals surface area contributed by atoms with E-state index in [0.29, 0.717) is 24.3 Å². The number of morpholine rings is 1. The van der Waals surface area contributed by atoms with E-state index in [2.05, 4.69) is 21.3 Å². The molecule has 3 aliphatic rings. The summed E-state index contributed by atoms with van der Waals surface area (Å²) in [6.07, 6.45) is -1.78. The summed E-state index contributed by atoms with van der Waals surface area (Å²) in [5, 5.41) is 10.9. The Labute approximate surface area is 266 Å². The van der Waals surface area contributed by atoms with Crippen molar-refractivity contribution >= 4 is 41.3 Å². The van der Waals surface area contributed by atoms with E-state index in [1.165, 1.54) is 23.8 Å². The lowest BCUT2D eigenvalue weighted by atomic mass is 10.0. The summed E-state index contributed by atoms with van der Waals surface area (Å²) < 4.78 is 6.10. The second-order valence-corrected chi connectivity index (χ2v) is 11.8. The van der Waals surface area contributed by atoms with Crippen LogP contribution in [-0.2, 0) is 30.3 Å². The summed E-state index contributed by atoms with van der Waals surface area (Å²) in [5.41, 5.74) is 2.55. The second kappa shape index (κ2) is 14.0. The van der Waals surface area contributed by atoms with Gasteiger partial charge in [0.05, 0.1) is 19.2 Å². The Morgan fingerprint density at radius 1 is 0.957 bits per heavy atom. The van der Waals surface area contributed by atoms with Gasteiger partial charge in [0, 0.05) is 50.9 Å². The number of anilines is 1. The van der Waals surface area contributed by atoms with E-state index >= 15 is 0 Å². The van der Waals surface area contributed by atoms with E-state index in [1.807, 2.05) is 37.3 Å². The topological polar surface area (TPSA) is 169 Å². The molecule has 0 aromatic heterocycles. The molecule has 5 rings (SSSR count). The lowest BCUT2D eigenvalue weighted by Gasteiger charge is -2.38. The van der Waals surface area contributed by atoms with Crippen molar-refractivity contribution in [2.45, 2.75) is 44.6 Å². The molecule has 3 heterocycles. The van der Waals surface area contributed by atoms with Gasteiger partial charge < -0.3 is 35.8 Å². The van der Waals surface area contributed by atoms with Gasteiger partial charge in [0.25, 0.3) is 11.8 Å². The predicted molar refractivity (Wildman–Crippen MR) is 167 cm³/mol. The summed E-state index contributed by atoms with van der Waals surface area (Å²) >= 11 is 0. The molecule has 2 bridgehead atoms. The Bertz CT molecular complexity index is 1520. The van der Waals surface area contributed by atoms with Gasteiger partial charge in [-0.05, 0) is 37.1 Å². The average molecular weight is 634 g/mol. The Hall–Kier alpha value is -4.98. The van der Waals surface area contributed by atoms with E-state index in [4.69, 9.17) is 4.74 Å². The zero-order valence-electron chi connectivity index (χ0n) is 26.1. The number of carbonyl (C=O) groups excluding carboxylic acids is 6. The number of benzene rings is 2. The number of amides is 7. The van der Waals surface area contributed by atoms with Crippen LogP contribution in [0.2, 0.25) is 0 Å². The number of urea groups is 1. The first-order chi connectivity index (χ1) is 22.0. The number of nitrogens with one attached hydrogen (secondary N) is 4. The first kappa shape index (κ1) is 32.4. The van der Waals surface area contributed by atoms with Crippen molar-refractivity contribution < 1.29 is 33.5 Å². The lowest BCUT2D eigenvalue weighted by Crippen LogP contribution is -2.59. The number of carbonyl (C=O) groups is 6. The molecule has 3 aliphatic heterocycles. The number of nitrogens with zero attached hydrogens (tertiary/aromatic N) is 3. The highest BCUT2D eigenvalue weighted by Gasteiger charge is 2.38. The van der Waals surface area contributed by atoms with Gasteiger partial charge in [-0.1, -0.05) is 36.4 Å². The standard InChI is InChI=1S/C32H39N7O7/c1-19-9-10-22(14-25(19)39-12-11-33-32(39)45)30(43)38-16-23-15-34-28(41)20(2)35-27(40)18-37(3)31(44)24(13-21-7-5-4-6-8-21)36-29(42)26(17-38)46-23/h4-10,14,20,23-24,26H,11-13,15-18H2,1-3H3,(H,33,45)(H,34,41)(H,35,40)(H,36,42)/t20-,23+,24-,26-/m1/s1. The largest absolute Gasteiger partial charge is 0.360 e. The van der Waals surface area contributed by atoms with Gasteiger partial charge in [0.1, 0.15) is 12.1 Å². The van der Waals surface area contributed by atoms with Crippen LogP contribution >= 0.6 is 0 Å². The van der Waals surface area contributed by atoms with Gasteiger partial charge in [-0.15, -0.1) is 0 Å². The van der Waals surface area contributed by atoms with Crippen molar-refractivity contribution in [2.75, 3.05) is 51.2 Å². The third-order valence-corrected chi connectivity index (χ3v) is 8.28. The quantitative estimate of drug-likeness (QED) is 0.354. The van der Waals surface area contributed by atoms with Crippen LogP contribution < -0.4 is 26.2 Å². The van der Waals surface area contributed by atoms with Gasteiger partial charge in [-0.2, -0.15) is 0 Å². The number of hydrogen-bond acceptors (Lipinski definition) is 7. The molecule has 3 saturated heterocycles. The molecule has 0 unspecified atom stereocenters. The van der Waals surface area contributed by atoms with Gasteiger partial charge in [-0.3, -0.25) is 28.9 Å². The van der Waals surface area contributed by atoms with Crippen molar-refractivity contribution in [3.05, 3.63) is 65.2 Å². The van der Waals surface area contributed by atoms with E-state index in [9.17, 15) is 28.8 Å². The van der Waals surface area contributed by atoms with Gasteiger partial charge >= 0.3 is 6.03 Å². The maximum absolute atomic E-state index is 13.9. The first-order valence-corrected chi connectivity index (χ1v) is 15.3. The second-order valence-electron chi connectivity index (χ2n) is 11.8. The van der Waals surface area contributed by atoms with Crippen LogP contribution in [0.15, 0.2) is 48.5 Å². The fraction of sp³-hybridized carbons (Fsp3) is 0.438. The fourth-order valence-electron chi connectivity index (χ4n) is 5.77. The van der Waals surface area contributed by atoms with Crippen molar-refractivity contribution in [3.8, 4) is 0 Å². The third kappa shape index (κ3) is 7.45. The Balaban J connectivity index is 1.43. The zero-order valence-corrected chi connectivity index (χ0v) is 26.1. The maximum atomic E-state index is 13.9. The number of likely N-dealkylation sites (N-methyl/N-ethyl adjacent to an activating group) is 1. The average Bonchev–Trinajstić information content (AvgIpc) is 3.47. The molecular formula is C32H39N7O7. The van der Waals surface area contributed by atoms with E-state index in [1.54, 1.807) is 23.1 Å². The number of ether oxygens (including phenoxy) is 1. The molecule has 0 aliphatic carbocycles. The third-order valence-electron chi connectivity index (χ3n) is 8.28. The predicted octanol–water partition coefficient (Wildman–Crippen LogP) is -0.445. The van der Waals surface area contributed by atoms with Crippen LogP contribution in [0.25, 0.3) is 0 Å². The summed E-state index contributed by atoms with van der Waals surface area (Å²) in [5.74, 6) is -2.51. The summed E-state index contributed by atoms with van der Waals surface area (Å²) in [6.45, 7) is 3.94. The smallest absolute Gasteiger partial charge is 0.322 e. The fourth-order valence-corrected chi connectivity index (χ4v) is 5.77. The summed E-state index contributed by atoms with van der Waals surface area (Å²) in [7, 11) is 1.45. The van der Waals surface area contributed by atoms with Crippen LogP contribution in [0.5, 0.6) is 0 Å². The van der Waals surface area contributed by atoms with Gasteiger partial charge in [-0.25, -0.2) is 4.79 Å². The van der Waals surface area contributed by atoms with Crippen LogP contribution in [0.1, 0.15) is 28.4 Å². The maximum Gasteiger partial charge on any atom is 0.322 e. The normalized spacial score (nSPS) is 24.8. The Kier molecular flexibility index (Phi) is 9.85. The number of rotatable bonds is 4. The highest BCUT2D eigenvalue weighted by molar-refractivity contribution is 6.00. The summed E-state index contributed by atoms with van der Waals surface area (Å²) in [4.78, 5) is 83.3. The van der Waals surface area contributed by atoms with Crippen LogP contribution in [0.3, 0.4) is 0 Å². The minimum atomic E-state index is -1.16. The highest BCUT2D eigenvalue weighted by atomic mass is 16.5. The molecule has 2 aromatic carbocycles. The molecule has 7 amide bonds. The molecule has 2 aromatic rings. The minimum absolute atomic E-state index is 0.0357. The molecular weight excluding hydrogens is 594 g/mol. The van der Waals surface area contributed by atoms with Crippen molar-refractivity contribution in [3.63, 3.8) is 0 Å². The number of fused-ring (bicyclic) bond motifs is 2. The molecule has 0 spiro atoms.